The third-order valence-electron chi connectivity index (χ3n) is 6.52. The molecule has 10 heteroatoms. The summed E-state index contributed by atoms with van der Waals surface area (Å²) >= 11 is 0. The van der Waals surface area contributed by atoms with Gasteiger partial charge in [0.05, 0.1) is 11.4 Å². The molecule has 54 heavy (non-hydrogen) atoms. The van der Waals surface area contributed by atoms with Crippen LogP contribution in [0.1, 0.15) is 93.2 Å². The van der Waals surface area contributed by atoms with E-state index < -0.39 is 23.4 Å². The summed E-state index contributed by atoms with van der Waals surface area (Å²) in [4.78, 5) is 49.5. The smallest absolute Gasteiger partial charge is 0.279 e. The molecule has 4 rings (SSSR count). The molecule has 0 aliphatic rings. The van der Waals surface area contributed by atoms with Crippen molar-refractivity contribution in [3.8, 4) is 11.1 Å². The highest BCUT2D eigenvalue weighted by Crippen LogP contribution is 2.28. The molecule has 290 valence electrons. The number of hydrogen-bond donors (Lipinski definition) is 4. The Morgan fingerprint density at radius 2 is 0.796 bits per heavy atom. The van der Waals surface area contributed by atoms with Crippen molar-refractivity contribution in [3.05, 3.63) is 108 Å². The van der Waals surface area contributed by atoms with Crippen molar-refractivity contribution < 1.29 is 19.2 Å². The van der Waals surface area contributed by atoms with Gasteiger partial charge in [0.25, 0.3) is 11.8 Å². The highest BCUT2D eigenvalue weighted by molar-refractivity contribution is 6.67. The van der Waals surface area contributed by atoms with Gasteiger partial charge in [-0.2, -0.15) is 10.2 Å². The summed E-state index contributed by atoms with van der Waals surface area (Å²) in [6, 6.07) is 29.0. The van der Waals surface area contributed by atoms with Crippen LogP contribution >= 0.6 is 0 Å². The van der Waals surface area contributed by atoms with Crippen molar-refractivity contribution in [2.24, 2.45) is 10.2 Å². The number of hydrogen-bond acceptors (Lipinski definition) is 8. The summed E-state index contributed by atoms with van der Waals surface area (Å²) in [6.07, 6.45) is 2.50. The number of ketones is 2. The number of rotatable bonds is 11. The predicted molar refractivity (Wildman–Crippen MR) is 230 cm³/mol. The number of nitrogens with one attached hydrogen (secondary N) is 4. The van der Waals surface area contributed by atoms with E-state index in [-0.39, 0.29) is 11.4 Å². The zero-order chi connectivity index (χ0) is 41.1. The molecule has 10 nitrogen and oxygen atoms in total. The number of hydrazone groups is 2. The summed E-state index contributed by atoms with van der Waals surface area (Å²) in [5, 5.41) is 13.5. The lowest BCUT2D eigenvalue weighted by molar-refractivity contribution is -0.116. The number of Topliss-reactive ketones (excluding diaryl/α,β-unsaturated/α-hetero) is 2. The molecule has 4 aromatic rings. The fourth-order valence-corrected chi connectivity index (χ4v) is 4.17. The molecule has 0 spiro atoms. The molecule has 2 amide bonds. The largest absolute Gasteiger partial charge is 0.320 e. The number of para-hydroxylation sites is 2. The van der Waals surface area contributed by atoms with E-state index in [1.54, 1.807) is 48.5 Å². The van der Waals surface area contributed by atoms with Crippen molar-refractivity contribution in [1.29, 1.82) is 0 Å². The van der Waals surface area contributed by atoms with Gasteiger partial charge >= 0.3 is 0 Å². The Morgan fingerprint density at radius 1 is 0.500 bits per heavy atom. The normalized spacial score (nSPS) is 10.1. The van der Waals surface area contributed by atoms with Crippen LogP contribution in [0, 0.1) is 13.8 Å². The monoisotopic (exact) mass is 736 g/mol. The van der Waals surface area contributed by atoms with Gasteiger partial charge in [-0.1, -0.05) is 117 Å². The number of carbonyl (C=O) groups is 4. The first kappa shape index (κ1) is 48.1. The van der Waals surface area contributed by atoms with Gasteiger partial charge in [-0.05, 0) is 84.6 Å². The Hall–Kier alpha value is -5.90. The lowest BCUT2D eigenvalue weighted by Gasteiger charge is -2.12. The minimum absolute atomic E-state index is 0.246. The number of nitrogens with zero attached hydrogens (tertiary/aromatic N) is 2. The van der Waals surface area contributed by atoms with Gasteiger partial charge in [-0.15, -0.1) is 0 Å². The number of amides is 2. The first-order valence-electron chi connectivity index (χ1n) is 18.6. The fourth-order valence-electron chi connectivity index (χ4n) is 4.17. The van der Waals surface area contributed by atoms with Crippen molar-refractivity contribution in [2.75, 3.05) is 21.5 Å². The van der Waals surface area contributed by atoms with E-state index in [0.29, 0.717) is 22.7 Å². The van der Waals surface area contributed by atoms with Crippen LogP contribution in [0.15, 0.2) is 107 Å². The van der Waals surface area contributed by atoms with Gasteiger partial charge in [-0.3, -0.25) is 30.0 Å². The van der Waals surface area contributed by atoms with Gasteiger partial charge in [-0.25, -0.2) is 0 Å². The number of anilines is 4. The number of aryl methyl sites for hydroxylation is 2. The van der Waals surface area contributed by atoms with E-state index in [4.69, 9.17) is 0 Å². The Kier molecular flexibility index (Phi) is 24.7. The van der Waals surface area contributed by atoms with Crippen molar-refractivity contribution >= 4 is 57.6 Å². The number of benzene rings is 4. The van der Waals surface area contributed by atoms with Crippen molar-refractivity contribution in [2.45, 2.75) is 95.9 Å². The van der Waals surface area contributed by atoms with E-state index in [1.165, 1.54) is 26.7 Å². The molecule has 0 radical (unpaired) electrons. The van der Waals surface area contributed by atoms with Gasteiger partial charge in [0, 0.05) is 25.2 Å². The second-order valence-corrected chi connectivity index (χ2v) is 11.4. The van der Waals surface area contributed by atoms with Gasteiger partial charge in [0.15, 0.2) is 23.0 Å². The van der Waals surface area contributed by atoms with Crippen molar-refractivity contribution in [1.82, 2.24) is 0 Å². The molecular weight excluding hydrogens is 677 g/mol. The molecule has 0 saturated heterocycles. The lowest BCUT2D eigenvalue weighted by atomic mass is 10.00. The summed E-state index contributed by atoms with van der Waals surface area (Å²) in [5.41, 5.74) is 11.1. The van der Waals surface area contributed by atoms with Crippen molar-refractivity contribution in [3.63, 3.8) is 0 Å². The Labute approximate surface area is 323 Å². The first-order chi connectivity index (χ1) is 25.9. The molecule has 4 N–H and O–H groups in total. The van der Waals surface area contributed by atoms with Gasteiger partial charge in [0.1, 0.15) is 0 Å². The zero-order valence-electron chi connectivity index (χ0n) is 34.2. The molecule has 0 atom stereocenters. The standard InChI is InChI=1S/C34H32N6O4.2C3H8.2C2H6/c1-21-19-25(15-17-29(21)37-39-31(23(3)41)33(43)35-27-11-7-5-8-12-27)26-16-18-30(22(2)20-26)38-40-32(24(4)42)34(44)36-28-13-9-6-10-14-28;2*1-3-2;2*1-2/h5-20,37-38H,1-4H3,(H,35,43)(H,36,44);2*3H2,1-2H3;2*1-2H3/b39-31+,40-32+;;;;. The summed E-state index contributed by atoms with van der Waals surface area (Å²) in [5.74, 6) is -2.15. The van der Waals surface area contributed by atoms with Crippen LogP contribution in [-0.2, 0) is 19.2 Å². The second kappa shape index (κ2) is 27.7. The minimum Gasteiger partial charge on any atom is -0.320 e. The van der Waals surface area contributed by atoms with Crippen LogP contribution in [0.5, 0.6) is 0 Å². The quantitative estimate of drug-likeness (QED) is 0.0686. The van der Waals surface area contributed by atoms with E-state index in [0.717, 1.165) is 22.3 Å². The third-order valence-corrected chi connectivity index (χ3v) is 6.52. The molecule has 0 aliphatic heterocycles. The van der Waals surface area contributed by atoms with Crippen LogP contribution in [0.4, 0.5) is 22.7 Å². The number of carbonyl (C=O) groups excluding carboxylic acids is 4. The Balaban J connectivity index is 0.00000255. The maximum atomic E-state index is 12.6. The van der Waals surface area contributed by atoms with Gasteiger partial charge in [0.2, 0.25) is 0 Å². The van der Waals surface area contributed by atoms with Crippen LogP contribution < -0.4 is 21.5 Å². The van der Waals surface area contributed by atoms with Crippen LogP contribution in [0.3, 0.4) is 0 Å². The van der Waals surface area contributed by atoms with E-state index in [1.807, 2.05) is 90.1 Å². The third kappa shape index (κ3) is 17.1. The highest BCUT2D eigenvalue weighted by Gasteiger charge is 2.18. The minimum atomic E-state index is -0.605. The summed E-state index contributed by atoms with van der Waals surface area (Å²) in [7, 11) is 0. The second-order valence-electron chi connectivity index (χ2n) is 11.4. The first-order valence-corrected chi connectivity index (χ1v) is 18.6. The molecule has 0 saturated carbocycles. The average molecular weight is 737 g/mol. The van der Waals surface area contributed by atoms with Crippen LogP contribution in [-0.4, -0.2) is 34.8 Å². The molecule has 0 unspecified atom stereocenters. The maximum absolute atomic E-state index is 12.6. The molecule has 0 heterocycles. The average Bonchev–Trinajstić information content (AvgIpc) is 3.16. The molecular formula is C44H60N6O4. The molecule has 0 fully saturated rings. The highest BCUT2D eigenvalue weighted by atomic mass is 16.2. The van der Waals surface area contributed by atoms with Crippen LogP contribution in [0.25, 0.3) is 11.1 Å². The van der Waals surface area contributed by atoms with E-state index in [2.05, 4.69) is 59.4 Å². The Bertz CT molecular complexity index is 1670. The Morgan fingerprint density at radius 3 is 1.06 bits per heavy atom. The zero-order valence-corrected chi connectivity index (χ0v) is 34.2. The van der Waals surface area contributed by atoms with Gasteiger partial charge < -0.3 is 10.6 Å². The predicted octanol–water partition coefficient (Wildman–Crippen LogP) is 10.8. The summed E-state index contributed by atoms with van der Waals surface area (Å²) in [6.45, 7) is 22.8. The fraction of sp³-hybridized carbons (Fsp3) is 0.318. The lowest BCUT2D eigenvalue weighted by Crippen LogP contribution is -2.29. The van der Waals surface area contributed by atoms with Crippen LogP contribution in [0.2, 0.25) is 0 Å². The SMILES string of the molecule is CC.CC.CC(=O)/C(=N\Nc1ccc(-c2ccc(N/N=C(\C(C)=O)C(=O)Nc3ccccc3)c(C)c2)cc1C)C(=O)Nc1ccccc1.CCC.CCC. The maximum Gasteiger partial charge on any atom is 0.279 e. The molecule has 0 aromatic heterocycles. The molecule has 4 aromatic carbocycles. The molecule has 0 bridgehead atoms. The topological polar surface area (TPSA) is 141 Å². The van der Waals surface area contributed by atoms with E-state index >= 15 is 0 Å². The summed E-state index contributed by atoms with van der Waals surface area (Å²) < 4.78 is 0. The molecule has 0 aliphatic carbocycles. The van der Waals surface area contributed by atoms with E-state index in [9.17, 15) is 19.2 Å².